The van der Waals surface area contributed by atoms with Crippen LogP contribution in [0.1, 0.15) is 15.9 Å². The van der Waals surface area contributed by atoms with Crippen molar-refractivity contribution < 1.29 is 4.79 Å². The van der Waals surface area contributed by atoms with Gasteiger partial charge in [-0.15, -0.1) is 0 Å². The highest BCUT2D eigenvalue weighted by Gasteiger charge is 2.09. The molecule has 0 fully saturated rings. The van der Waals surface area contributed by atoms with Gasteiger partial charge in [-0.2, -0.15) is 0 Å². The molecule has 3 nitrogen and oxygen atoms in total. The maximum atomic E-state index is 12.2. The van der Waals surface area contributed by atoms with E-state index in [1.807, 2.05) is 26.1 Å². The Hall–Kier alpha value is -2.00. The van der Waals surface area contributed by atoms with Gasteiger partial charge in [-0.25, -0.2) is 0 Å². The van der Waals surface area contributed by atoms with Gasteiger partial charge in [-0.3, -0.25) is 4.79 Å². The van der Waals surface area contributed by atoms with Crippen molar-refractivity contribution in [3.05, 3.63) is 58.6 Å². The highest BCUT2D eigenvalue weighted by molar-refractivity contribution is 6.31. The van der Waals surface area contributed by atoms with Crippen molar-refractivity contribution in [2.75, 3.05) is 17.7 Å². The first-order chi connectivity index (χ1) is 9.10. The molecule has 0 bridgehead atoms. The van der Waals surface area contributed by atoms with E-state index in [4.69, 9.17) is 11.6 Å². The standard InChI is InChI=1S/C15H15ClN2O/c1-10-8-12(17-2)6-7-14(10)15(19)18-13-5-3-4-11(16)9-13/h3-9,17H,1-2H3,(H,18,19). The van der Waals surface area contributed by atoms with E-state index < -0.39 is 0 Å². The molecule has 0 saturated heterocycles. The van der Waals surface area contributed by atoms with Crippen molar-refractivity contribution in [1.29, 1.82) is 0 Å². The smallest absolute Gasteiger partial charge is 0.255 e. The normalized spacial score (nSPS) is 10.1. The molecule has 2 N–H and O–H groups in total. The summed E-state index contributed by atoms with van der Waals surface area (Å²) < 4.78 is 0. The van der Waals surface area contributed by atoms with Gasteiger partial charge in [0.2, 0.25) is 0 Å². The zero-order chi connectivity index (χ0) is 13.8. The van der Waals surface area contributed by atoms with Gasteiger partial charge in [0, 0.05) is 29.0 Å². The molecular formula is C15H15ClN2O. The molecule has 0 radical (unpaired) electrons. The number of aryl methyl sites for hydroxylation is 1. The van der Waals surface area contributed by atoms with E-state index >= 15 is 0 Å². The number of halogens is 1. The monoisotopic (exact) mass is 274 g/mol. The summed E-state index contributed by atoms with van der Waals surface area (Å²) in [4.78, 5) is 12.2. The molecule has 0 unspecified atom stereocenters. The first kappa shape index (κ1) is 13.4. The van der Waals surface area contributed by atoms with E-state index in [2.05, 4.69) is 10.6 Å². The van der Waals surface area contributed by atoms with Crippen molar-refractivity contribution in [3.63, 3.8) is 0 Å². The number of hydrogen-bond acceptors (Lipinski definition) is 2. The lowest BCUT2D eigenvalue weighted by atomic mass is 10.1. The number of carbonyl (C=O) groups is 1. The predicted octanol–water partition coefficient (Wildman–Crippen LogP) is 3.94. The minimum Gasteiger partial charge on any atom is -0.388 e. The van der Waals surface area contributed by atoms with Gasteiger partial charge in [0.1, 0.15) is 0 Å². The Morgan fingerprint density at radius 3 is 2.53 bits per heavy atom. The molecule has 4 heteroatoms. The number of benzene rings is 2. The van der Waals surface area contributed by atoms with Crippen LogP contribution in [0.5, 0.6) is 0 Å². The average Bonchev–Trinajstić information content (AvgIpc) is 2.38. The van der Waals surface area contributed by atoms with Gasteiger partial charge in [0.05, 0.1) is 0 Å². The van der Waals surface area contributed by atoms with Crippen LogP contribution in [0.15, 0.2) is 42.5 Å². The van der Waals surface area contributed by atoms with Gasteiger partial charge in [0.25, 0.3) is 5.91 Å². The highest BCUT2D eigenvalue weighted by Crippen LogP contribution is 2.18. The maximum Gasteiger partial charge on any atom is 0.255 e. The third-order valence-electron chi connectivity index (χ3n) is 2.84. The largest absolute Gasteiger partial charge is 0.388 e. The zero-order valence-electron chi connectivity index (χ0n) is 10.8. The van der Waals surface area contributed by atoms with Crippen LogP contribution in [0.2, 0.25) is 5.02 Å². The molecule has 0 aliphatic heterocycles. The second kappa shape index (κ2) is 5.76. The van der Waals surface area contributed by atoms with Crippen molar-refractivity contribution in [2.24, 2.45) is 0 Å². The van der Waals surface area contributed by atoms with E-state index in [1.54, 1.807) is 30.3 Å². The van der Waals surface area contributed by atoms with E-state index in [0.717, 1.165) is 11.3 Å². The van der Waals surface area contributed by atoms with E-state index in [1.165, 1.54) is 0 Å². The van der Waals surface area contributed by atoms with Gasteiger partial charge in [-0.05, 0) is 48.9 Å². The van der Waals surface area contributed by atoms with E-state index in [-0.39, 0.29) is 5.91 Å². The molecule has 0 aromatic heterocycles. The van der Waals surface area contributed by atoms with E-state index in [0.29, 0.717) is 16.3 Å². The van der Waals surface area contributed by atoms with E-state index in [9.17, 15) is 4.79 Å². The fourth-order valence-corrected chi connectivity index (χ4v) is 2.03. The molecule has 0 heterocycles. The lowest BCUT2D eigenvalue weighted by Gasteiger charge is -2.09. The molecule has 19 heavy (non-hydrogen) atoms. The van der Waals surface area contributed by atoms with Crippen LogP contribution < -0.4 is 10.6 Å². The summed E-state index contributed by atoms with van der Waals surface area (Å²) in [5.41, 5.74) is 3.25. The van der Waals surface area contributed by atoms with Crippen molar-refractivity contribution in [2.45, 2.75) is 6.92 Å². The topological polar surface area (TPSA) is 41.1 Å². The van der Waals surface area contributed by atoms with Crippen molar-refractivity contribution in [3.8, 4) is 0 Å². The minimum atomic E-state index is -0.137. The lowest BCUT2D eigenvalue weighted by Crippen LogP contribution is -2.13. The van der Waals surface area contributed by atoms with Crippen LogP contribution in [0.25, 0.3) is 0 Å². The number of amides is 1. The quantitative estimate of drug-likeness (QED) is 0.890. The molecule has 0 aliphatic carbocycles. The third-order valence-corrected chi connectivity index (χ3v) is 3.08. The van der Waals surface area contributed by atoms with Gasteiger partial charge >= 0.3 is 0 Å². The molecule has 98 valence electrons. The Bertz CT molecular complexity index is 611. The summed E-state index contributed by atoms with van der Waals surface area (Å²) >= 11 is 5.89. The Morgan fingerprint density at radius 2 is 1.89 bits per heavy atom. The van der Waals surface area contributed by atoms with Crippen LogP contribution in [0, 0.1) is 6.92 Å². The van der Waals surface area contributed by atoms with Gasteiger partial charge < -0.3 is 10.6 Å². The minimum absolute atomic E-state index is 0.137. The average molecular weight is 275 g/mol. The van der Waals surface area contributed by atoms with Gasteiger partial charge in [0.15, 0.2) is 0 Å². The van der Waals surface area contributed by atoms with Crippen LogP contribution in [-0.2, 0) is 0 Å². The number of anilines is 2. The SMILES string of the molecule is CNc1ccc(C(=O)Nc2cccc(Cl)c2)c(C)c1. The fraction of sp³-hybridized carbons (Fsp3) is 0.133. The molecule has 2 rings (SSSR count). The lowest BCUT2D eigenvalue weighted by molar-refractivity contribution is 0.102. The first-order valence-corrected chi connectivity index (χ1v) is 6.33. The Kier molecular flexibility index (Phi) is 4.07. The Morgan fingerprint density at radius 1 is 1.11 bits per heavy atom. The molecule has 2 aromatic rings. The summed E-state index contributed by atoms with van der Waals surface area (Å²) in [6, 6.07) is 12.7. The van der Waals surface area contributed by atoms with Crippen LogP contribution in [0.3, 0.4) is 0 Å². The molecule has 0 saturated carbocycles. The summed E-state index contributed by atoms with van der Waals surface area (Å²) in [5, 5.41) is 6.47. The number of rotatable bonds is 3. The molecule has 2 aromatic carbocycles. The second-order valence-electron chi connectivity index (χ2n) is 4.24. The highest BCUT2D eigenvalue weighted by atomic mass is 35.5. The third kappa shape index (κ3) is 3.26. The number of nitrogens with one attached hydrogen (secondary N) is 2. The molecule has 0 spiro atoms. The zero-order valence-corrected chi connectivity index (χ0v) is 11.6. The van der Waals surface area contributed by atoms with Gasteiger partial charge in [-0.1, -0.05) is 17.7 Å². The Labute approximate surface area is 117 Å². The van der Waals surface area contributed by atoms with Crippen LogP contribution in [-0.4, -0.2) is 13.0 Å². The molecule has 1 amide bonds. The predicted molar refractivity (Wildman–Crippen MR) is 80.1 cm³/mol. The van der Waals surface area contributed by atoms with Crippen molar-refractivity contribution >= 4 is 28.9 Å². The molecule has 0 aliphatic rings. The van der Waals surface area contributed by atoms with Crippen LogP contribution >= 0.6 is 11.6 Å². The summed E-state index contributed by atoms with van der Waals surface area (Å²) in [6.45, 7) is 1.91. The number of carbonyl (C=O) groups excluding carboxylic acids is 1. The summed E-state index contributed by atoms with van der Waals surface area (Å²) in [6.07, 6.45) is 0. The maximum absolute atomic E-state index is 12.2. The fourth-order valence-electron chi connectivity index (χ4n) is 1.84. The van der Waals surface area contributed by atoms with Crippen LogP contribution in [0.4, 0.5) is 11.4 Å². The summed E-state index contributed by atoms with van der Waals surface area (Å²) in [7, 11) is 1.85. The molecule has 0 atom stereocenters. The Balaban J connectivity index is 2.20. The first-order valence-electron chi connectivity index (χ1n) is 5.95. The number of hydrogen-bond donors (Lipinski definition) is 2. The summed E-state index contributed by atoms with van der Waals surface area (Å²) in [5.74, 6) is -0.137. The van der Waals surface area contributed by atoms with Crippen molar-refractivity contribution in [1.82, 2.24) is 0 Å². The second-order valence-corrected chi connectivity index (χ2v) is 4.68. The molecular weight excluding hydrogens is 260 g/mol.